The van der Waals surface area contributed by atoms with Crippen LogP contribution in [0.5, 0.6) is 0 Å². The standard InChI is InChI=1S/C16H27N2O2.ClH/c1-15(2)12-6-7-16(15,3)13(10-12)20-14(19)11-18(4,5)9-8-17;/h12-13H,6-7,9-11H2,1-5H3;1H/q+1;/p-1. The van der Waals surface area contributed by atoms with Crippen molar-refractivity contribution in [2.75, 3.05) is 27.2 Å². The van der Waals surface area contributed by atoms with Crippen LogP contribution in [0.1, 0.15) is 40.0 Å². The predicted octanol–water partition coefficient (Wildman–Crippen LogP) is -0.652. The lowest BCUT2D eigenvalue weighted by Gasteiger charge is -2.38. The second-order valence-corrected chi connectivity index (χ2v) is 8.00. The zero-order valence-corrected chi connectivity index (χ0v) is 14.5. The molecule has 3 atom stereocenters. The molecule has 0 radical (unpaired) electrons. The van der Waals surface area contributed by atoms with Gasteiger partial charge in [0.25, 0.3) is 0 Å². The summed E-state index contributed by atoms with van der Waals surface area (Å²) in [4.78, 5) is 12.2. The van der Waals surface area contributed by atoms with Gasteiger partial charge in [-0.3, -0.25) is 0 Å². The second-order valence-electron chi connectivity index (χ2n) is 8.00. The molecule has 2 aliphatic rings. The maximum Gasteiger partial charge on any atom is 0.362 e. The van der Waals surface area contributed by atoms with Gasteiger partial charge in [-0.05, 0) is 30.6 Å². The summed E-state index contributed by atoms with van der Waals surface area (Å²) >= 11 is 0. The highest BCUT2D eigenvalue weighted by Gasteiger charge is 2.62. The molecule has 4 nitrogen and oxygen atoms in total. The number of hydrogen-bond acceptors (Lipinski definition) is 3. The second kappa shape index (κ2) is 5.78. The molecule has 2 aliphatic carbocycles. The molecule has 0 N–H and O–H groups in total. The van der Waals surface area contributed by atoms with Gasteiger partial charge < -0.3 is 21.6 Å². The molecule has 3 unspecified atom stereocenters. The maximum absolute atomic E-state index is 12.2. The van der Waals surface area contributed by atoms with Gasteiger partial charge >= 0.3 is 5.97 Å². The molecule has 0 aliphatic heterocycles. The van der Waals surface area contributed by atoms with Crippen molar-refractivity contribution < 1.29 is 26.4 Å². The van der Waals surface area contributed by atoms with E-state index in [4.69, 9.17) is 10.00 Å². The van der Waals surface area contributed by atoms with E-state index in [-0.39, 0.29) is 41.9 Å². The molecular formula is C16H27ClN2O2. The third-order valence-corrected chi connectivity index (χ3v) is 6.04. The van der Waals surface area contributed by atoms with Gasteiger partial charge in [0.2, 0.25) is 0 Å². The fourth-order valence-corrected chi connectivity index (χ4v) is 4.10. The van der Waals surface area contributed by atoms with Crippen molar-refractivity contribution >= 4 is 5.97 Å². The molecule has 2 fully saturated rings. The number of quaternary nitrogens is 1. The van der Waals surface area contributed by atoms with Crippen LogP contribution < -0.4 is 12.4 Å². The van der Waals surface area contributed by atoms with E-state index in [1.807, 2.05) is 14.1 Å². The van der Waals surface area contributed by atoms with Gasteiger partial charge in [0, 0.05) is 5.41 Å². The van der Waals surface area contributed by atoms with E-state index < -0.39 is 0 Å². The van der Waals surface area contributed by atoms with E-state index >= 15 is 0 Å². The number of halogens is 1. The molecule has 0 aromatic heterocycles. The lowest BCUT2D eigenvalue weighted by atomic mass is 9.70. The zero-order chi connectivity index (χ0) is 15.2. The van der Waals surface area contributed by atoms with Gasteiger partial charge in [-0.1, -0.05) is 20.8 Å². The Hall–Kier alpha value is -0.790. The summed E-state index contributed by atoms with van der Waals surface area (Å²) in [7, 11) is 3.77. The van der Waals surface area contributed by atoms with Crippen LogP contribution in [-0.4, -0.2) is 43.7 Å². The van der Waals surface area contributed by atoms with E-state index in [1.54, 1.807) is 0 Å². The Labute approximate surface area is 134 Å². The van der Waals surface area contributed by atoms with Crippen molar-refractivity contribution in [3.05, 3.63) is 0 Å². The van der Waals surface area contributed by atoms with Crippen LogP contribution in [-0.2, 0) is 9.53 Å². The van der Waals surface area contributed by atoms with Crippen LogP contribution in [0, 0.1) is 28.1 Å². The number of esters is 1. The molecule has 0 spiro atoms. The Morgan fingerprint density at radius 2 is 2.00 bits per heavy atom. The molecule has 2 saturated carbocycles. The molecule has 2 rings (SSSR count). The van der Waals surface area contributed by atoms with E-state index in [1.165, 1.54) is 6.42 Å². The molecule has 0 saturated heterocycles. The molecule has 0 heterocycles. The number of nitrogens with zero attached hydrogens (tertiary/aromatic N) is 2. The van der Waals surface area contributed by atoms with E-state index in [0.29, 0.717) is 16.9 Å². The van der Waals surface area contributed by atoms with Crippen LogP contribution in [0.25, 0.3) is 0 Å². The molecule has 0 aromatic carbocycles. The van der Waals surface area contributed by atoms with Crippen molar-refractivity contribution in [1.29, 1.82) is 5.26 Å². The first-order chi connectivity index (χ1) is 9.12. The number of nitriles is 1. The van der Waals surface area contributed by atoms with Crippen LogP contribution in [0.2, 0.25) is 0 Å². The maximum atomic E-state index is 12.2. The molecule has 0 amide bonds. The number of rotatable bonds is 4. The van der Waals surface area contributed by atoms with Gasteiger partial charge in [-0.15, -0.1) is 0 Å². The minimum absolute atomic E-state index is 0. The monoisotopic (exact) mass is 314 g/mol. The lowest BCUT2D eigenvalue weighted by Crippen LogP contribution is -3.00. The predicted molar refractivity (Wildman–Crippen MR) is 76.6 cm³/mol. The van der Waals surface area contributed by atoms with E-state index in [2.05, 4.69) is 26.8 Å². The number of hydrogen-bond donors (Lipinski definition) is 0. The Morgan fingerprint density at radius 3 is 2.43 bits per heavy atom. The number of fused-ring (bicyclic) bond motifs is 2. The first-order valence-corrected chi connectivity index (χ1v) is 7.51. The number of carbonyl (C=O) groups is 1. The van der Waals surface area contributed by atoms with Gasteiger partial charge in [0.15, 0.2) is 13.1 Å². The molecule has 21 heavy (non-hydrogen) atoms. The van der Waals surface area contributed by atoms with Gasteiger partial charge in [-0.2, -0.15) is 5.26 Å². The van der Waals surface area contributed by atoms with Crippen molar-refractivity contribution in [3.63, 3.8) is 0 Å². The topological polar surface area (TPSA) is 50.1 Å². The summed E-state index contributed by atoms with van der Waals surface area (Å²) < 4.78 is 6.17. The summed E-state index contributed by atoms with van der Waals surface area (Å²) in [5.41, 5.74) is 0.370. The summed E-state index contributed by atoms with van der Waals surface area (Å²) in [5.74, 6) is 0.506. The first kappa shape index (κ1) is 18.3. The highest BCUT2D eigenvalue weighted by atomic mass is 35.5. The van der Waals surface area contributed by atoms with Crippen molar-refractivity contribution in [1.82, 2.24) is 0 Å². The normalized spacial score (nSPS) is 33.1. The molecule has 0 aromatic rings. The molecule has 120 valence electrons. The summed E-state index contributed by atoms with van der Waals surface area (Å²) in [6, 6.07) is 2.12. The summed E-state index contributed by atoms with van der Waals surface area (Å²) in [6.07, 6.45) is 3.46. The van der Waals surface area contributed by atoms with Crippen molar-refractivity contribution in [2.45, 2.75) is 46.1 Å². The van der Waals surface area contributed by atoms with E-state index in [0.717, 1.165) is 12.8 Å². The minimum Gasteiger partial charge on any atom is -1.00 e. The van der Waals surface area contributed by atoms with Crippen LogP contribution in [0.3, 0.4) is 0 Å². The largest absolute Gasteiger partial charge is 1.00 e. The fourth-order valence-electron chi connectivity index (χ4n) is 4.10. The summed E-state index contributed by atoms with van der Waals surface area (Å²) in [5, 5.41) is 8.78. The Bertz CT molecular complexity index is 456. The van der Waals surface area contributed by atoms with Crippen LogP contribution >= 0.6 is 0 Å². The smallest absolute Gasteiger partial charge is 0.362 e. The van der Waals surface area contributed by atoms with Crippen molar-refractivity contribution in [3.8, 4) is 6.07 Å². The third kappa shape index (κ3) is 3.05. The average Bonchev–Trinajstić information content (AvgIpc) is 2.60. The number of likely N-dealkylation sites (N-methyl/N-ethyl adjacent to an activating group) is 1. The van der Waals surface area contributed by atoms with E-state index in [9.17, 15) is 4.79 Å². The highest BCUT2D eigenvalue weighted by molar-refractivity contribution is 5.71. The molecule has 5 heteroatoms. The number of ether oxygens (including phenoxy) is 1. The average molecular weight is 315 g/mol. The van der Waals surface area contributed by atoms with Gasteiger partial charge in [0.05, 0.1) is 14.1 Å². The van der Waals surface area contributed by atoms with Crippen molar-refractivity contribution in [2.24, 2.45) is 16.7 Å². The third-order valence-electron chi connectivity index (χ3n) is 6.04. The SMILES string of the molecule is CC1(C)C2CCC1(C)C(OC(=O)C[N+](C)(C)CC#N)C2.[Cl-]. The first-order valence-electron chi connectivity index (χ1n) is 7.51. The zero-order valence-electron chi connectivity index (χ0n) is 13.8. The van der Waals surface area contributed by atoms with Gasteiger partial charge in [-0.25, -0.2) is 4.79 Å². The van der Waals surface area contributed by atoms with Gasteiger partial charge in [0.1, 0.15) is 12.2 Å². The number of carbonyl (C=O) groups excluding carboxylic acids is 1. The Morgan fingerprint density at radius 1 is 1.38 bits per heavy atom. The lowest BCUT2D eigenvalue weighted by molar-refractivity contribution is -0.876. The molecular weight excluding hydrogens is 288 g/mol. The van der Waals surface area contributed by atoms with Crippen LogP contribution in [0.4, 0.5) is 0 Å². The quantitative estimate of drug-likeness (QED) is 0.394. The highest BCUT2D eigenvalue weighted by Crippen LogP contribution is 2.66. The summed E-state index contributed by atoms with van der Waals surface area (Å²) in [6.45, 7) is 7.49. The van der Waals surface area contributed by atoms with Crippen LogP contribution in [0.15, 0.2) is 0 Å². The molecule has 2 bridgehead atoms. The Kier molecular flexibility index (Phi) is 5.02. The minimum atomic E-state index is -0.167. The Balaban J connectivity index is 0.00000220. The fraction of sp³-hybridized carbons (Fsp3) is 0.875.